The van der Waals surface area contributed by atoms with E-state index in [0.29, 0.717) is 29.0 Å². The minimum Gasteiger partial charge on any atom is -0.504 e. The summed E-state index contributed by atoms with van der Waals surface area (Å²) in [5, 5.41) is 9.68. The highest BCUT2D eigenvalue weighted by molar-refractivity contribution is 5.77. The number of allylic oxidation sites excluding steroid dienone is 1. The van der Waals surface area contributed by atoms with Crippen LogP contribution >= 0.6 is 0 Å². The molecule has 20 heavy (non-hydrogen) atoms. The number of nitrogens with one attached hydrogen (secondary N) is 1. The van der Waals surface area contributed by atoms with E-state index in [9.17, 15) is 13.2 Å². The van der Waals surface area contributed by atoms with Gasteiger partial charge in [-0.05, 0) is 19.1 Å². The van der Waals surface area contributed by atoms with Crippen LogP contribution in [-0.2, 0) is 0 Å². The average Bonchev–Trinajstić information content (AvgIpc) is 2.38. The van der Waals surface area contributed by atoms with Gasteiger partial charge in [-0.15, -0.1) is 0 Å². The normalized spacial score (nSPS) is 14.0. The highest BCUT2D eigenvalue weighted by Gasteiger charge is 2.33. The molecule has 1 aromatic carbocycles. The van der Waals surface area contributed by atoms with E-state index >= 15 is 0 Å². The van der Waals surface area contributed by atoms with Crippen molar-refractivity contribution in [2.45, 2.75) is 13.1 Å². The van der Waals surface area contributed by atoms with Crippen molar-refractivity contribution in [3.63, 3.8) is 0 Å². The fourth-order valence-electron chi connectivity index (χ4n) is 1.68. The quantitative estimate of drug-likeness (QED) is 0.832. The number of para-hydroxylation sites is 1. The Morgan fingerprint density at radius 3 is 2.75 bits per heavy atom. The number of rotatable bonds is 2. The summed E-state index contributed by atoms with van der Waals surface area (Å²) in [5.41, 5.74) is 0.930. The minimum atomic E-state index is -4.80. The number of aliphatic hydroxyl groups is 1. The summed E-state index contributed by atoms with van der Waals surface area (Å²) in [5.74, 6) is -1.82. The number of aliphatic hydroxyl groups excluding tert-OH is 1. The minimum absolute atomic E-state index is 0.106. The number of nitrogens with zero attached hydrogens (tertiary/aromatic N) is 2. The lowest BCUT2D eigenvalue weighted by molar-refractivity contribution is -0.119. The molecule has 0 spiro atoms. The summed E-state index contributed by atoms with van der Waals surface area (Å²) in [7, 11) is 0. The van der Waals surface area contributed by atoms with E-state index in [0.717, 1.165) is 0 Å². The van der Waals surface area contributed by atoms with Crippen LogP contribution in [0.25, 0.3) is 17.0 Å². The first-order valence-electron chi connectivity index (χ1n) is 5.89. The Morgan fingerprint density at radius 1 is 1.40 bits per heavy atom. The van der Waals surface area contributed by atoms with Crippen LogP contribution in [0.4, 0.5) is 13.2 Å². The van der Waals surface area contributed by atoms with Gasteiger partial charge in [0, 0.05) is 18.0 Å². The van der Waals surface area contributed by atoms with Crippen molar-refractivity contribution >= 4 is 17.0 Å². The molecule has 4 nitrogen and oxygen atoms in total. The SMILES string of the molecule is CC/N=c1\[nH]c(/C=C(\O)C(F)(F)F)nc2ccccc12. The summed E-state index contributed by atoms with van der Waals surface area (Å²) in [6.45, 7) is 2.28. The van der Waals surface area contributed by atoms with Crippen molar-refractivity contribution in [2.24, 2.45) is 4.99 Å². The van der Waals surface area contributed by atoms with Gasteiger partial charge in [0.05, 0.1) is 5.52 Å². The first-order valence-corrected chi connectivity index (χ1v) is 5.89. The van der Waals surface area contributed by atoms with E-state index < -0.39 is 11.9 Å². The highest BCUT2D eigenvalue weighted by Crippen LogP contribution is 2.24. The number of aromatic nitrogens is 2. The zero-order valence-electron chi connectivity index (χ0n) is 10.6. The molecule has 0 saturated carbocycles. The summed E-state index contributed by atoms with van der Waals surface area (Å²) in [6, 6.07) is 6.95. The van der Waals surface area contributed by atoms with Crippen molar-refractivity contribution < 1.29 is 18.3 Å². The molecule has 1 heterocycles. The van der Waals surface area contributed by atoms with E-state index in [-0.39, 0.29) is 5.82 Å². The molecule has 2 N–H and O–H groups in total. The van der Waals surface area contributed by atoms with Crippen LogP contribution in [0, 0.1) is 0 Å². The Morgan fingerprint density at radius 2 is 2.10 bits per heavy atom. The first kappa shape index (κ1) is 14.1. The van der Waals surface area contributed by atoms with Crippen LogP contribution in [-0.4, -0.2) is 27.8 Å². The van der Waals surface area contributed by atoms with Crippen LogP contribution in [0.3, 0.4) is 0 Å². The highest BCUT2D eigenvalue weighted by atomic mass is 19.4. The molecule has 106 valence electrons. The van der Waals surface area contributed by atoms with Crippen LogP contribution in [0.2, 0.25) is 0 Å². The molecule has 0 fully saturated rings. The number of hydrogen-bond donors (Lipinski definition) is 2. The monoisotopic (exact) mass is 283 g/mol. The topological polar surface area (TPSA) is 61.3 Å². The van der Waals surface area contributed by atoms with Crippen LogP contribution in [0.15, 0.2) is 35.0 Å². The van der Waals surface area contributed by atoms with Gasteiger partial charge in [0.15, 0.2) is 0 Å². The largest absolute Gasteiger partial charge is 0.504 e. The van der Waals surface area contributed by atoms with Gasteiger partial charge in [-0.25, -0.2) is 4.98 Å². The molecule has 0 radical (unpaired) electrons. The number of halogens is 3. The fraction of sp³-hybridized carbons (Fsp3) is 0.231. The standard InChI is InChI=1S/C13H12F3N3O/c1-2-17-12-8-5-3-4-6-9(8)18-11(19-12)7-10(20)13(14,15)16/h3-7,20H,2H2,1H3,(H,17,18,19)/b10-7-. The van der Waals surface area contributed by atoms with Gasteiger partial charge in [-0.2, -0.15) is 13.2 Å². The van der Waals surface area contributed by atoms with Gasteiger partial charge in [-0.3, -0.25) is 4.99 Å². The molecule has 0 unspecified atom stereocenters. The second kappa shape index (κ2) is 5.36. The molecular formula is C13H12F3N3O. The fourth-order valence-corrected chi connectivity index (χ4v) is 1.68. The van der Waals surface area contributed by atoms with Crippen molar-refractivity contribution in [1.29, 1.82) is 0 Å². The van der Waals surface area contributed by atoms with Gasteiger partial charge >= 0.3 is 6.18 Å². The molecule has 0 aliphatic rings. The lowest BCUT2D eigenvalue weighted by Crippen LogP contribution is -2.15. The van der Waals surface area contributed by atoms with Crippen molar-refractivity contribution in [3.8, 4) is 0 Å². The molecule has 0 atom stereocenters. The van der Waals surface area contributed by atoms with E-state index in [1.807, 2.05) is 6.92 Å². The van der Waals surface area contributed by atoms with Crippen LogP contribution in [0.1, 0.15) is 12.7 Å². The summed E-state index contributed by atoms with van der Waals surface area (Å²) in [4.78, 5) is 10.9. The molecule has 0 aliphatic carbocycles. The lowest BCUT2D eigenvalue weighted by Gasteiger charge is -2.05. The van der Waals surface area contributed by atoms with Gasteiger partial charge < -0.3 is 10.1 Å². The maximum Gasteiger partial charge on any atom is 0.448 e. The lowest BCUT2D eigenvalue weighted by atomic mass is 10.2. The summed E-state index contributed by atoms with van der Waals surface area (Å²) in [6.07, 6.45) is -4.26. The van der Waals surface area contributed by atoms with Crippen molar-refractivity contribution in [2.75, 3.05) is 6.54 Å². The number of fused-ring (bicyclic) bond motifs is 1. The van der Waals surface area contributed by atoms with Gasteiger partial charge in [0.25, 0.3) is 0 Å². The predicted octanol–water partition coefficient (Wildman–Crippen LogP) is 2.94. The van der Waals surface area contributed by atoms with Gasteiger partial charge in [0.2, 0.25) is 5.76 Å². The van der Waals surface area contributed by atoms with Crippen LogP contribution < -0.4 is 5.49 Å². The maximum atomic E-state index is 12.3. The Kier molecular flexibility index (Phi) is 3.78. The molecule has 2 rings (SSSR count). The van der Waals surface area contributed by atoms with Crippen molar-refractivity contribution in [3.05, 3.63) is 41.3 Å². The molecule has 2 aromatic rings. The Balaban J connectivity index is 2.65. The number of benzene rings is 1. The number of H-pyrrole nitrogens is 1. The average molecular weight is 283 g/mol. The molecule has 1 aromatic heterocycles. The van der Waals surface area contributed by atoms with E-state index in [2.05, 4.69) is 15.0 Å². The molecule has 0 bridgehead atoms. The second-order valence-electron chi connectivity index (χ2n) is 3.99. The maximum absolute atomic E-state index is 12.3. The smallest absolute Gasteiger partial charge is 0.448 e. The number of hydrogen-bond acceptors (Lipinski definition) is 3. The molecule has 0 amide bonds. The van der Waals surface area contributed by atoms with E-state index in [1.165, 1.54) is 0 Å². The first-order chi connectivity index (χ1) is 9.41. The van der Waals surface area contributed by atoms with Gasteiger partial charge in [-0.1, -0.05) is 12.1 Å². The molecule has 0 saturated heterocycles. The zero-order valence-corrected chi connectivity index (χ0v) is 10.6. The number of aromatic amines is 1. The van der Waals surface area contributed by atoms with Gasteiger partial charge in [0.1, 0.15) is 11.3 Å². The third-order valence-electron chi connectivity index (χ3n) is 2.53. The molecular weight excluding hydrogens is 271 g/mol. The Bertz CT molecular complexity index is 717. The predicted molar refractivity (Wildman–Crippen MR) is 68.9 cm³/mol. The zero-order chi connectivity index (χ0) is 14.8. The van der Waals surface area contributed by atoms with E-state index in [1.54, 1.807) is 24.3 Å². The summed E-state index contributed by atoms with van der Waals surface area (Å²) >= 11 is 0. The molecule has 0 aliphatic heterocycles. The van der Waals surface area contributed by atoms with Crippen molar-refractivity contribution in [1.82, 2.24) is 9.97 Å². The number of alkyl halides is 3. The Labute approximate surface area is 112 Å². The second-order valence-corrected chi connectivity index (χ2v) is 3.99. The van der Waals surface area contributed by atoms with Crippen LogP contribution in [0.5, 0.6) is 0 Å². The third-order valence-corrected chi connectivity index (χ3v) is 2.53. The Hall–Kier alpha value is -2.31. The van der Waals surface area contributed by atoms with E-state index in [4.69, 9.17) is 5.11 Å². The molecule has 7 heteroatoms. The summed E-state index contributed by atoms with van der Waals surface area (Å²) < 4.78 is 36.9. The third kappa shape index (κ3) is 2.98.